The number of aryl methyl sites for hydroxylation is 1. The van der Waals surface area contributed by atoms with Crippen LogP contribution in [-0.2, 0) is 13.2 Å². The minimum absolute atomic E-state index is 0.0319. The Morgan fingerprint density at radius 2 is 2.21 bits per heavy atom. The van der Waals surface area contributed by atoms with Gasteiger partial charge in [0.15, 0.2) is 5.76 Å². The molecule has 0 spiro atoms. The van der Waals surface area contributed by atoms with E-state index in [-0.39, 0.29) is 34.7 Å². The summed E-state index contributed by atoms with van der Waals surface area (Å²) >= 11 is 5.97. The van der Waals surface area contributed by atoms with Crippen LogP contribution in [0.4, 0.5) is 5.69 Å². The maximum absolute atomic E-state index is 12.1. The Labute approximate surface area is 165 Å². The molecule has 0 saturated carbocycles. The third-order valence-corrected chi connectivity index (χ3v) is 4.09. The Hall–Kier alpha value is -3.33. The lowest BCUT2D eigenvalue weighted by molar-refractivity contribution is -0.384. The van der Waals surface area contributed by atoms with Gasteiger partial charge in [-0.1, -0.05) is 11.6 Å². The van der Waals surface area contributed by atoms with Crippen molar-refractivity contribution in [2.24, 2.45) is 0 Å². The molecule has 9 nitrogen and oxygen atoms in total. The molecule has 0 aliphatic carbocycles. The van der Waals surface area contributed by atoms with Crippen molar-refractivity contribution in [3.63, 3.8) is 0 Å². The van der Waals surface area contributed by atoms with Gasteiger partial charge in [0.25, 0.3) is 11.6 Å². The van der Waals surface area contributed by atoms with Crippen LogP contribution in [0.2, 0.25) is 5.02 Å². The fourth-order valence-electron chi connectivity index (χ4n) is 2.41. The Kier molecular flexibility index (Phi) is 6.28. The number of furan rings is 1. The molecule has 2 aromatic heterocycles. The molecule has 1 aromatic carbocycles. The van der Waals surface area contributed by atoms with Gasteiger partial charge in [-0.3, -0.25) is 19.6 Å². The first kappa shape index (κ1) is 19.4. The van der Waals surface area contributed by atoms with Crippen molar-refractivity contribution < 1.29 is 18.9 Å². The van der Waals surface area contributed by atoms with Crippen molar-refractivity contribution in [3.8, 4) is 5.75 Å². The standard InChI is InChI=1S/C18H17ClN4O5/c19-15-11-13(23(25)26)3-5-16(15)27-12-14-4-6-17(28-14)18(24)20-7-1-9-22-10-2-8-21-22/h2-6,8,10-11H,1,7,9,12H2,(H,20,24). The number of hydrogen-bond acceptors (Lipinski definition) is 6. The number of ether oxygens (including phenoxy) is 1. The highest BCUT2D eigenvalue weighted by atomic mass is 35.5. The highest BCUT2D eigenvalue weighted by molar-refractivity contribution is 6.32. The number of carbonyl (C=O) groups is 1. The second-order valence-corrected chi connectivity index (χ2v) is 6.21. The molecule has 0 aliphatic heterocycles. The zero-order chi connectivity index (χ0) is 19.9. The highest BCUT2D eigenvalue weighted by Gasteiger charge is 2.13. The summed E-state index contributed by atoms with van der Waals surface area (Å²) in [5.41, 5.74) is -0.123. The van der Waals surface area contributed by atoms with Crippen LogP contribution < -0.4 is 10.1 Å². The van der Waals surface area contributed by atoms with Crippen LogP contribution >= 0.6 is 11.6 Å². The van der Waals surface area contributed by atoms with Crippen molar-refractivity contribution in [3.05, 3.63) is 75.4 Å². The summed E-state index contributed by atoms with van der Waals surface area (Å²) in [4.78, 5) is 22.3. The van der Waals surface area contributed by atoms with Gasteiger partial charge in [0.2, 0.25) is 0 Å². The maximum atomic E-state index is 12.1. The van der Waals surface area contributed by atoms with E-state index in [2.05, 4.69) is 10.4 Å². The van der Waals surface area contributed by atoms with Gasteiger partial charge in [-0.15, -0.1) is 0 Å². The first-order valence-electron chi connectivity index (χ1n) is 8.44. The van der Waals surface area contributed by atoms with Crippen LogP contribution in [0.1, 0.15) is 22.7 Å². The fraction of sp³-hybridized carbons (Fsp3) is 0.222. The molecular formula is C18H17ClN4O5. The number of nitrogens with one attached hydrogen (secondary N) is 1. The number of carbonyl (C=O) groups excluding carboxylic acids is 1. The van der Waals surface area contributed by atoms with Crippen LogP contribution in [-0.4, -0.2) is 27.2 Å². The van der Waals surface area contributed by atoms with Crippen molar-refractivity contribution >= 4 is 23.2 Å². The Morgan fingerprint density at radius 3 is 2.93 bits per heavy atom. The average molecular weight is 405 g/mol. The first-order chi connectivity index (χ1) is 13.5. The van der Waals surface area contributed by atoms with Gasteiger partial charge in [0, 0.05) is 37.6 Å². The van der Waals surface area contributed by atoms with E-state index < -0.39 is 4.92 Å². The van der Waals surface area contributed by atoms with Crippen LogP contribution in [0.15, 0.2) is 53.2 Å². The second-order valence-electron chi connectivity index (χ2n) is 5.81. The molecule has 0 bridgehead atoms. The number of amides is 1. The number of aromatic nitrogens is 2. The molecule has 0 atom stereocenters. The van der Waals surface area contributed by atoms with E-state index in [1.165, 1.54) is 18.2 Å². The summed E-state index contributed by atoms with van der Waals surface area (Å²) in [6.45, 7) is 1.23. The third kappa shape index (κ3) is 5.10. The second kappa shape index (κ2) is 9.05. The van der Waals surface area contributed by atoms with E-state index >= 15 is 0 Å². The topological polar surface area (TPSA) is 112 Å². The number of rotatable bonds is 9. The van der Waals surface area contributed by atoms with Crippen molar-refractivity contribution in [1.29, 1.82) is 0 Å². The Morgan fingerprint density at radius 1 is 1.36 bits per heavy atom. The van der Waals surface area contributed by atoms with Crippen LogP contribution in [0.25, 0.3) is 0 Å². The molecule has 3 rings (SSSR count). The van der Waals surface area contributed by atoms with E-state index in [0.29, 0.717) is 18.8 Å². The van der Waals surface area contributed by atoms with E-state index in [1.807, 2.05) is 12.3 Å². The largest absolute Gasteiger partial charge is 0.484 e. The monoisotopic (exact) mass is 404 g/mol. The number of nitrogens with zero attached hydrogens (tertiary/aromatic N) is 3. The van der Waals surface area contributed by atoms with E-state index in [1.54, 1.807) is 23.0 Å². The number of benzene rings is 1. The summed E-state index contributed by atoms with van der Waals surface area (Å²) in [7, 11) is 0. The molecule has 0 aliphatic rings. The summed E-state index contributed by atoms with van der Waals surface area (Å²) in [5, 5.41) is 17.7. The van der Waals surface area contributed by atoms with Gasteiger partial charge >= 0.3 is 0 Å². The van der Waals surface area contributed by atoms with Gasteiger partial charge in [0.1, 0.15) is 18.1 Å². The number of nitro benzene ring substituents is 1. The van der Waals surface area contributed by atoms with E-state index in [0.717, 1.165) is 6.42 Å². The lowest BCUT2D eigenvalue weighted by Gasteiger charge is -2.06. The predicted molar refractivity (Wildman–Crippen MR) is 100 cm³/mol. The van der Waals surface area contributed by atoms with Gasteiger partial charge in [-0.2, -0.15) is 5.10 Å². The molecular weight excluding hydrogens is 388 g/mol. The van der Waals surface area contributed by atoms with Crippen molar-refractivity contribution in [2.45, 2.75) is 19.6 Å². The van der Waals surface area contributed by atoms with Gasteiger partial charge in [-0.05, 0) is 30.7 Å². The summed E-state index contributed by atoms with van der Waals surface area (Å²) in [5.74, 6) is 0.567. The number of non-ortho nitro benzene ring substituents is 1. The quantitative estimate of drug-likeness (QED) is 0.332. The zero-order valence-electron chi connectivity index (χ0n) is 14.7. The normalized spacial score (nSPS) is 10.6. The number of nitro groups is 1. The maximum Gasteiger partial charge on any atom is 0.286 e. The predicted octanol–water partition coefficient (Wildman–Crippen LogP) is 3.44. The lowest BCUT2D eigenvalue weighted by atomic mass is 10.3. The molecule has 0 saturated heterocycles. The fourth-order valence-corrected chi connectivity index (χ4v) is 2.64. The Balaban J connectivity index is 1.47. The molecule has 0 fully saturated rings. The summed E-state index contributed by atoms with van der Waals surface area (Å²) < 4.78 is 12.8. The van der Waals surface area contributed by atoms with Gasteiger partial charge < -0.3 is 14.5 Å². The van der Waals surface area contributed by atoms with Crippen LogP contribution in [0.3, 0.4) is 0 Å². The highest BCUT2D eigenvalue weighted by Crippen LogP contribution is 2.29. The smallest absolute Gasteiger partial charge is 0.286 e. The molecule has 10 heteroatoms. The molecule has 0 unspecified atom stereocenters. The number of halogens is 1. The molecule has 0 radical (unpaired) electrons. The number of hydrogen-bond donors (Lipinski definition) is 1. The van der Waals surface area contributed by atoms with Gasteiger partial charge in [0.05, 0.1) is 9.95 Å². The Bertz CT molecular complexity index is 955. The third-order valence-electron chi connectivity index (χ3n) is 3.79. The molecule has 3 aromatic rings. The molecule has 1 amide bonds. The van der Waals surface area contributed by atoms with E-state index in [9.17, 15) is 14.9 Å². The minimum Gasteiger partial charge on any atom is -0.484 e. The van der Waals surface area contributed by atoms with Crippen LogP contribution in [0, 0.1) is 10.1 Å². The first-order valence-corrected chi connectivity index (χ1v) is 8.82. The van der Waals surface area contributed by atoms with Crippen molar-refractivity contribution in [1.82, 2.24) is 15.1 Å². The molecule has 146 valence electrons. The van der Waals surface area contributed by atoms with Crippen molar-refractivity contribution in [2.75, 3.05) is 6.54 Å². The summed E-state index contributed by atoms with van der Waals surface area (Å²) in [6.07, 6.45) is 4.30. The van der Waals surface area contributed by atoms with Crippen LogP contribution in [0.5, 0.6) is 5.75 Å². The minimum atomic E-state index is -0.540. The molecule has 28 heavy (non-hydrogen) atoms. The molecule has 1 N–H and O–H groups in total. The van der Waals surface area contributed by atoms with Gasteiger partial charge in [-0.25, -0.2) is 0 Å². The molecule has 2 heterocycles. The summed E-state index contributed by atoms with van der Waals surface area (Å²) in [6, 6.07) is 8.94. The van der Waals surface area contributed by atoms with E-state index in [4.69, 9.17) is 20.8 Å². The lowest BCUT2D eigenvalue weighted by Crippen LogP contribution is -2.24. The average Bonchev–Trinajstić information content (AvgIpc) is 3.36. The SMILES string of the molecule is O=C(NCCCn1cccn1)c1ccc(COc2ccc([N+](=O)[O-])cc2Cl)o1. The zero-order valence-corrected chi connectivity index (χ0v) is 15.5.